The first-order chi connectivity index (χ1) is 9.52. The first kappa shape index (κ1) is 15.3. The lowest BCUT2D eigenvalue weighted by Crippen LogP contribution is -2.24. The first-order valence-electron chi connectivity index (χ1n) is 7.40. The molecule has 1 unspecified atom stereocenters. The maximum Gasteiger partial charge on any atom is 0.0590 e. The SMILES string of the molecule is CCCNC(c1cc(C)ccc1C)c1cc(C)sc1C. The van der Waals surface area contributed by atoms with Gasteiger partial charge in [-0.25, -0.2) is 0 Å². The summed E-state index contributed by atoms with van der Waals surface area (Å²) < 4.78 is 0. The Morgan fingerprint density at radius 2 is 1.80 bits per heavy atom. The van der Waals surface area contributed by atoms with Gasteiger partial charge in [0.2, 0.25) is 0 Å². The third kappa shape index (κ3) is 3.31. The Morgan fingerprint density at radius 3 is 2.40 bits per heavy atom. The van der Waals surface area contributed by atoms with Crippen LogP contribution in [0.3, 0.4) is 0 Å². The normalized spacial score (nSPS) is 12.7. The van der Waals surface area contributed by atoms with Crippen molar-refractivity contribution in [3.8, 4) is 0 Å². The lowest BCUT2D eigenvalue weighted by atomic mass is 9.93. The fourth-order valence-corrected chi connectivity index (χ4v) is 3.65. The van der Waals surface area contributed by atoms with E-state index in [1.165, 1.54) is 32.0 Å². The summed E-state index contributed by atoms with van der Waals surface area (Å²) in [6.45, 7) is 12.1. The van der Waals surface area contributed by atoms with Crippen molar-refractivity contribution in [2.45, 2.75) is 47.1 Å². The summed E-state index contributed by atoms with van der Waals surface area (Å²) in [7, 11) is 0. The molecule has 0 aliphatic rings. The summed E-state index contributed by atoms with van der Waals surface area (Å²) in [4.78, 5) is 2.82. The van der Waals surface area contributed by atoms with Crippen LogP contribution in [0.4, 0.5) is 0 Å². The van der Waals surface area contributed by atoms with E-state index in [-0.39, 0.29) is 0 Å². The quantitative estimate of drug-likeness (QED) is 0.809. The fourth-order valence-electron chi connectivity index (χ4n) is 2.68. The van der Waals surface area contributed by atoms with E-state index in [4.69, 9.17) is 0 Å². The van der Waals surface area contributed by atoms with Crippen molar-refractivity contribution in [3.63, 3.8) is 0 Å². The van der Waals surface area contributed by atoms with Crippen LogP contribution in [0.5, 0.6) is 0 Å². The molecule has 1 aromatic heterocycles. The molecule has 0 radical (unpaired) electrons. The Bertz CT molecular complexity index is 583. The summed E-state index contributed by atoms with van der Waals surface area (Å²) in [5.41, 5.74) is 5.56. The molecule has 2 aromatic rings. The van der Waals surface area contributed by atoms with Gasteiger partial charge in [0.15, 0.2) is 0 Å². The number of nitrogens with one attached hydrogen (secondary N) is 1. The van der Waals surface area contributed by atoms with Crippen molar-refractivity contribution < 1.29 is 0 Å². The lowest BCUT2D eigenvalue weighted by Gasteiger charge is -2.22. The van der Waals surface area contributed by atoms with E-state index in [0.29, 0.717) is 6.04 Å². The van der Waals surface area contributed by atoms with Crippen LogP contribution < -0.4 is 5.32 Å². The van der Waals surface area contributed by atoms with Gasteiger partial charge in [-0.05, 0) is 63.4 Å². The molecule has 1 heterocycles. The zero-order chi connectivity index (χ0) is 14.7. The third-order valence-corrected chi connectivity index (χ3v) is 4.72. The molecule has 1 atom stereocenters. The maximum atomic E-state index is 3.73. The van der Waals surface area contributed by atoms with E-state index in [1.54, 1.807) is 0 Å². The average molecular weight is 287 g/mol. The minimum absolute atomic E-state index is 0.319. The van der Waals surface area contributed by atoms with Gasteiger partial charge in [-0.3, -0.25) is 0 Å². The van der Waals surface area contributed by atoms with Gasteiger partial charge < -0.3 is 5.32 Å². The van der Waals surface area contributed by atoms with Crippen molar-refractivity contribution in [2.24, 2.45) is 0 Å². The molecular formula is C18H25NS. The van der Waals surface area contributed by atoms with E-state index in [0.717, 1.165) is 13.0 Å². The topological polar surface area (TPSA) is 12.0 Å². The summed E-state index contributed by atoms with van der Waals surface area (Å²) in [6.07, 6.45) is 1.16. The second-order valence-corrected chi connectivity index (χ2v) is 7.08. The summed E-state index contributed by atoms with van der Waals surface area (Å²) in [6, 6.07) is 9.42. The molecule has 20 heavy (non-hydrogen) atoms. The summed E-state index contributed by atoms with van der Waals surface area (Å²) >= 11 is 1.90. The Morgan fingerprint density at radius 1 is 1.05 bits per heavy atom. The predicted octanol–water partition coefficient (Wildman–Crippen LogP) is 5.07. The average Bonchev–Trinajstić information content (AvgIpc) is 2.73. The fraction of sp³-hybridized carbons (Fsp3) is 0.444. The van der Waals surface area contributed by atoms with E-state index in [1.807, 2.05) is 11.3 Å². The van der Waals surface area contributed by atoms with Crippen LogP contribution in [0.1, 0.15) is 51.4 Å². The highest BCUT2D eigenvalue weighted by Crippen LogP contribution is 2.32. The number of hydrogen-bond donors (Lipinski definition) is 1. The van der Waals surface area contributed by atoms with Crippen LogP contribution >= 0.6 is 11.3 Å². The number of thiophene rings is 1. The molecule has 1 nitrogen and oxygen atoms in total. The molecule has 0 saturated heterocycles. The van der Waals surface area contributed by atoms with Gasteiger partial charge in [0.1, 0.15) is 0 Å². The van der Waals surface area contributed by atoms with Crippen molar-refractivity contribution in [3.05, 3.63) is 56.3 Å². The van der Waals surface area contributed by atoms with E-state index in [9.17, 15) is 0 Å². The van der Waals surface area contributed by atoms with Gasteiger partial charge in [0, 0.05) is 9.75 Å². The molecule has 0 fully saturated rings. The number of aryl methyl sites for hydroxylation is 4. The standard InChI is InChI=1S/C18H25NS/c1-6-9-19-18(17-11-14(4)20-15(17)5)16-10-12(2)7-8-13(16)3/h7-8,10-11,18-19H,6,9H2,1-5H3. The van der Waals surface area contributed by atoms with E-state index < -0.39 is 0 Å². The van der Waals surface area contributed by atoms with Crippen LogP contribution in [0.2, 0.25) is 0 Å². The molecule has 0 aliphatic carbocycles. The lowest BCUT2D eigenvalue weighted by molar-refractivity contribution is 0.595. The van der Waals surface area contributed by atoms with Crippen molar-refractivity contribution in [2.75, 3.05) is 6.54 Å². The Balaban J connectivity index is 2.46. The highest BCUT2D eigenvalue weighted by atomic mass is 32.1. The van der Waals surface area contributed by atoms with E-state index in [2.05, 4.69) is 64.2 Å². The number of hydrogen-bond acceptors (Lipinski definition) is 2. The van der Waals surface area contributed by atoms with Gasteiger partial charge in [-0.15, -0.1) is 11.3 Å². The van der Waals surface area contributed by atoms with Crippen LogP contribution in [0.15, 0.2) is 24.3 Å². The molecule has 0 spiro atoms. The molecule has 0 amide bonds. The van der Waals surface area contributed by atoms with E-state index >= 15 is 0 Å². The number of benzene rings is 1. The zero-order valence-electron chi connectivity index (χ0n) is 13.2. The first-order valence-corrected chi connectivity index (χ1v) is 8.22. The molecule has 108 valence electrons. The van der Waals surface area contributed by atoms with Crippen molar-refractivity contribution in [1.29, 1.82) is 0 Å². The second kappa shape index (κ2) is 6.55. The molecular weight excluding hydrogens is 262 g/mol. The van der Waals surface area contributed by atoms with Crippen molar-refractivity contribution in [1.82, 2.24) is 5.32 Å². The molecule has 0 bridgehead atoms. The van der Waals surface area contributed by atoms with Crippen LogP contribution in [-0.4, -0.2) is 6.54 Å². The molecule has 1 N–H and O–H groups in total. The predicted molar refractivity (Wildman–Crippen MR) is 89.8 cm³/mol. The highest BCUT2D eigenvalue weighted by Gasteiger charge is 2.19. The highest BCUT2D eigenvalue weighted by molar-refractivity contribution is 7.12. The van der Waals surface area contributed by atoms with Crippen molar-refractivity contribution >= 4 is 11.3 Å². The zero-order valence-corrected chi connectivity index (χ0v) is 14.0. The number of rotatable bonds is 5. The Labute approximate surface area is 127 Å². The molecule has 2 heteroatoms. The van der Waals surface area contributed by atoms with Gasteiger partial charge >= 0.3 is 0 Å². The van der Waals surface area contributed by atoms with Gasteiger partial charge in [0.05, 0.1) is 6.04 Å². The molecule has 1 aromatic carbocycles. The van der Waals surface area contributed by atoms with Crippen LogP contribution in [0.25, 0.3) is 0 Å². The second-order valence-electron chi connectivity index (χ2n) is 5.62. The Kier molecular flexibility index (Phi) is 5.00. The third-order valence-electron chi connectivity index (χ3n) is 3.73. The molecule has 0 saturated carbocycles. The summed E-state index contributed by atoms with van der Waals surface area (Å²) in [5.74, 6) is 0. The maximum absolute atomic E-state index is 3.73. The van der Waals surface area contributed by atoms with Crippen LogP contribution in [0, 0.1) is 27.7 Å². The van der Waals surface area contributed by atoms with Crippen LogP contribution in [-0.2, 0) is 0 Å². The van der Waals surface area contributed by atoms with Gasteiger partial charge in [-0.2, -0.15) is 0 Å². The molecule has 2 rings (SSSR count). The Hall–Kier alpha value is -1.12. The monoisotopic (exact) mass is 287 g/mol. The molecule has 0 aliphatic heterocycles. The smallest absolute Gasteiger partial charge is 0.0590 e. The minimum atomic E-state index is 0.319. The van der Waals surface area contributed by atoms with Gasteiger partial charge in [-0.1, -0.05) is 30.7 Å². The van der Waals surface area contributed by atoms with Gasteiger partial charge in [0.25, 0.3) is 0 Å². The largest absolute Gasteiger partial charge is 0.306 e. The minimum Gasteiger partial charge on any atom is -0.306 e. The summed E-state index contributed by atoms with van der Waals surface area (Å²) in [5, 5.41) is 3.73.